The van der Waals surface area contributed by atoms with E-state index < -0.39 is 0 Å². The van der Waals surface area contributed by atoms with Gasteiger partial charge in [-0.1, -0.05) is 6.07 Å². The van der Waals surface area contributed by atoms with Gasteiger partial charge in [-0.3, -0.25) is 4.79 Å². The molecule has 1 aromatic heterocycles. The number of anilines is 1. The quantitative estimate of drug-likeness (QED) is 0.622. The van der Waals surface area contributed by atoms with Crippen molar-refractivity contribution in [2.45, 2.75) is 38.3 Å². The van der Waals surface area contributed by atoms with E-state index in [1.54, 1.807) is 19.1 Å². The molecule has 0 aliphatic carbocycles. The molecule has 0 bridgehead atoms. The third-order valence-corrected chi connectivity index (χ3v) is 5.59. The Morgan fingerprint density at radius 3 is 2.81 bits per heavy atom. The van der Waals surface area contributed by atoms with E-state index in [1.165, 1.54) is 0 Å². The normalized spacial score (nSPS) is 15.8. The summed E-state index contributed by atoms with van der Waals surface area (Å²) >= 11 is 0. The first-order valence-electron chi connectivity index (χ1n) is 10.7. The van der Waals surface area contributed by atoms with Crippen LogP contribution in [-0.2, 0) is 4.79 Å². The van der Waals surface area contributed by atoms with Crippen LogP contribution in [0, 0.1) is 11.3 Å². The number of nitriles is 1. The smallest absolute Gasteiger partial charge is 0.237 e. The highest BCUT2D eigenvalue weighted by Gasteiger charge is 2.29. The highest BCUT2D eigenvalue weighted by Crippen LogP contribution is 2.32. The summed E-state index contributed by atoms with van der Waals surface area (Å²) in [5.41, 5.74) is 1.30. The van der Waals surface area contributed by atoms with Gasteiger partial charge in [-0.05, 0) is 51.0 Å². The predicted octanol–water partition coefficient (Wildman–Crippen LogP) is 3.06. The number of hydrogen-bond donors (Lipinski definition) is 2. The van der Waals surface area contributed by atoms with E-state index in [1.807, 2.05) is 50.2 Å². The zero-order chi connectivity index (χ0) is 23.1. The van der Waals surface area contributed by atoms with Crippen LogP contribution in [0.3, 0.4) is 0 Å². The summed E-state index contributed by atoms with van der Waals surface area (Å²) in [6, 6.07) is 13.3. The first kappa shape index (κ1) is 23.4. The van der Waals surface area contributed by atoms with E-state index in [9.17, 15) is 10.1 Å². The number of methoxy groups -OCH3 is 2. The van der Waals surface area contributed by atoms with Crippen molar-refractivity contribution in [3.8, 4) is 28.8 Å². The molecule has 2 N–H and O–H groups in total. The van der Waals surface area contributed by atoms with Crippen LogP contribution < -0.4 is 20.1 Å². The van der Waals surface area contributed by atoms with Crippen LogP contribution in [0.5, 0.6) is 11.5 Å². The Balaban J connectivity index is 1.61. The molecule has 1 fully saturated rings. The van der Waals surface area contributed by atoms with E-state index >= 15 is 0 Å². The second-order valence-electron chi connectivity index (χ2n) is 8.44. The molecule has 32 heavy (non-hydrogen) atoms. The standard InChI is InChI=1S/C24H31N5O3/c1-24(2,27-15-23(30)29-12-6-7-17(29)14-25)16-26-22-9-5-8-20(28-22)19-11-10-18(31-3)13-21(19)32-4/h5,8-11,13,17,27H,6-7,12,15-16H2,1-4H3,(H,26,28)/t17-/m0/s1. The first-order valence-corrected chi connectivity index (χ1v) is 10.7. The summed E-state index contributed by atoms with van der Waals surface area (Å²) in [7, 11) is 3.24. The van der Waals surface area contributed by atoms with Gasteiger partial charge < -0.3 is 25.0 Å². The number of hydrogen-bond acceptors (Lipinski definition) is 7. The minimum atomic E-state index is -0.354. The summed E-state index contributed by atoms with van der Waals surface area (Å²) in [6.07, 6.45) is 1.64. The fraction of sp³-hybridized carbons (Fsp3) is 0.458. The van der Waals surface area contributed by atoms with Crippen LogP contribution in [0.4, 0.5) is 5.82 Å². The topological polar surface area (TPSA) is 99.5 Å². The summed E-state index contributed by atoms with van der Waals surface area (Å²) in [4.78, 5) is 18.9. The van der Waals surface area contributed by atoms with E-state index in [-0.39, 0.29) is 24.0 Å². The number of carbonyl (C=O) groups is 1. The molecule has 1 aliphatic rings. The van der Waals surface area contributed by atoms with Crippen molar-refractivity contribution in [2.24, 2.45) is 0 Å². The number of nitrogens with one attached hydrogen (secondary N) is 2. The largest absolute Gasteiger partial charge is 0.497 e. The van der Waals surface area contributed by atoms with Crippen LogP contribution in [0.15, 0.2) is 36.4 Å². The summed E-state index contributed by atoms with van der Waals surface area (Å²) in [5.74, 6) is 2.10. The minimum absolute atomic E-state index is 0.0335. The molecule has 0 saturated carbocycles. The number of pyridine rings is 1. The monoisotopic (exact) mass is 437 g/mol. The van der Waals surface area contributed by atoms with Gasteiger partial charge in [-0.15, -0.1) is 0 Å². The molecular weight excluding hydrogens is 406 g/mol. The van der Waals surface area contributed by atoms with Crippen molar-refractivity contribution in [2.75, 3.05) is 39.2 Å². The van der Waals surface area contributed by atoms with Crippen LogP contribution in [0.2, 0.25) is 0 Å². The van der Waals surface area contributed by atoms with Crippen molar-refractivity contribution in [3.63, 3.8) is 0 Å². The Bertz CT molecular complexity index is 986. The summed E-state index contributed by atoms with van der Waals surface area (Å²) in [6.45, 7) is 5.47. The van der Waals surface area contributed by atoms with Gasteiger partial charge in [0.1, 0.15) is 23.4 Å². The van der Waals surface area contributed by atoms with Crippen molar-refractivity contribution in [1.82, 2.24) is 15.2 Å². The number of benzene rings is 1. The van der Waals surface area contributed by atoms with Crippen LogP contribution in [-0.4, -0.2) is 61.2 Å². The molecule has 8 heteroatoms. The molecular formula is C24H31N5O3. The number of rotatable bonds is 9. The van der Waals surface area contributed by atoms with Gasteiger partial charge in [0.25, 0.3) is 0 Å². The van der Waals surface area contributed by atoms with Crippen LogP contribution >= 0.6 is 0 Å². The van der Waals surface area contributed by atoms with Gasteiger partial charge in [0.15, 0.2) is 0 Å². The van der Waals surface area contributed by atoms with E-state index in [0.29, 0.717) is 18.8 Å². The second-order valence-corrected chi connectivity index (χ2v) is 8.44. The Hall–Kier alpha value is -3.31. The van der Waals surface area contributed by atoms with E-state index in [2.05, 4.69) is 16.7 Å². The molecule has 170 valence electrons. The van der Waals surface area contributed by atoms with E-state index in [0.717, 1.165) is 35.7 Å². The molecule has 1 saturated heterocycles. The summed E-state index contributed by atoms with van der Waals surface area (Å²) < 4.78 is 10.8. The molecule has 8 nitrogen and oxygen atoms in total. The van der Waals surface area contributed by atoms with Gasteiger partial charge in [-0.2, -0.15) is 5.26 Å². The fourth-order valence-electron chi connectivity index (χ4n) is 3.68. The first-order chi connectivity index (χ1) is 15.4. The van der Waals surface area contributed by atoms with Crippen molar-refractivity contribution < 1.29 is 14.3 Å². The maximum Gasteiger partial charge on any atom is 0.237 e. The average molecular weight is 438 g/mol. The van der Waals surface area contributed by atoms with Crippen molar-refractivity contribution in [1.29, 1.82) is 5.26 Å². The maximum absolute atomic E-state index is 12.5. The lowest BCUT2D eigenvalue weighted by atomic mass is 10.1. The van der Waals surface area contributed by atoms with E-state index in [4.69, 9.17) is 14.5 Å². The SMILES string of the molecule is COc1ccc(-c2cccc(NCC(C)(C)NCC(=O)N3CCC[C@H]3C#N)n2)c(OC)c1. The highest BCUT2D eigenvalue weighted by atomic mass is 16.5. The molecule has 1 aliphatic heterocycles. The maximum atomic E-state index is 12.5. The lowest BCUT2D eigenvalue weighted by Gasteiger charge is -2.28. The van der Waals surface area contributed by atoms with Crippen LogP contribution in [0.1, 0.15) is 26.7 Å². The molecule has 1 amide bonds. The molecule has 1 atom stereocenters. The van der Waals surface area contributed by atoms with Crippen LogP contribution in [0.25, 0.3) is 11.3 Å². The van der Waals surface area contributed by atoms with Gasteiger partial charge in [-0.25, -0.2) is 4.98 Å². The molecule has 0 spiro atoms. The lowest BCUT2D eigenvalue weighted by Crippen LogP contribution is -2.50. The Morgan fingerprint density at radius 1 is 1.28 bits per heavy atom. The summed E-state index contributed by atoms with van der Waals surface area (Å²) in [5, 5.41) is 15.8. The van der Waals surface area contributed by atoms with Crippen molar-refractivity contribution >= 4 is 11.7 Å². The lowest BCUT2D eigenvalue weighted by molar-refractivity contribution is -0.130. The molecule has 2 aromatic rings. The second kappa shape index (κ2) is 10.3. The number of amides is 1. The van der Waals surface area contributed by atoms with Gasteiger partial charge in [0.2, 0.25) is 5.91 Å². The Kier molecular flexibility index (Phi) is 7.54. The minimum Gasteiger partial charge on any atom is -0.497 e. The number of carbonyl (C=O) groups excluding carboxylic acids is 1. The Labute approximate surface area is 189 Å². The molecule has 3 rings (SSSR count). The number of ether oxygens (including phenoxy) is 2. The third-order valence-electron chi connectivity index (χ3n) is 5.59. The van der Waals surface area contributed by atoms with Gasteiger partial charge in [0, 0.05) is 30.3 Å². The highest BCUT2D eigenvalue weighted by molar-refractivity contribution is 5.79. The fourth-order valence-corrected chi connectivity index (χ4v) is 3.68. The average Bonchev–Trinajstić information content (AvgIpc) is 3.30. The molecule has 0 radical (unpaired) electrons. The van der Waals surface area contributed by atoms with Crippen molar-refractivity contribution in [3.05, 3.63) is 36.4 Å². The van der Waals surface area contributed by atoms with Gasteiger partial charge >= 0.3 is 0 Å². The number of aromatic nitrogens is 1. The molecule has 1 aromatic carbocycles. The molecule has 2 heterocycles. The number of nitrogens with zero attached hydrogens (tertiary/aromatic N) is 3. The molecule has 0 unspecified atom stereocenters. The predicted molar refractivity (Wildman–Crippen MR) is 124 cm³/mol. The third kappa shape index (κ3) is 5.68. The number of likely N-dealkylation sites (tertiary alicyclic amines) is 1. The zero-order valence-electron chi connectivity index (χ0n) is 19.1. The Morgan fingerprint density at radius 2 is 2.09 bits per heavy atom. The zero-order valence-corrected chi connectivity index (χ0v) is 19.1. The van der Waals surface area contributed by atoms with Gasteiger partial charge in [0.05, 0.1) is 32.5 Å².